The predicted octanol–water partition coefficient (Wildman–Crippen LogP) is -0.0835. The lowest BCUT2D eigenvalue weighted by atomic mass is 9.95. The first kappa shape index (κ1) is 15.8. The molecule has 1 aliphatic rings. The molecule has 0 spiro atoms. The van der Waals surface area contributed by atoms with Gasteiger partial charge in [0.2, 0.25) is 0 Å². The van der Waals surface area contributed by atoms with Crippen molar-refractivity contribution >= 4 is 10.2 Å². The minimum atomic E-state index is -3.41. The van der Waals surface area contributed by atoms with Crippen molar-refractivity contribution in [2.45, 2.75) is 32.7 Å². The first-order valence-corrected chi connectivity index (χ1v) is 8.03. The molecule has 108 valence electrons. The topological polar surface area (TPSA) is 84.7 Å². The second-order valence-corrected chi connectivity index (χ2v) is 6.36. The Morgan fingerprint density at radius 2 is 1.83 bits per heavy atom. The molecule has 0 bridgehead atoms. The second-order valence-electron chi connectivity index (χ2n) is 4.61. The molecule has 0 aromatic heterocycles. The summed E-state index contributed by atoms with van der Waals surface area (Å²) in [6.07, 6.45) is 1.94. The third kappa shape index (κ3) is 4.47. The first-order valence-electron chi connectivity index (χ1n) is 6.59. The van der Waals surface area contributed by atoms with E-state index in [9.17, 15) is 8.42 Å². The van der Waals surface area contributed by atoms with Crippen molar-refractivity contribution in [1.29, 1.82) is 0 Å². The molecular weight excluding hydrogens is 254 g/mol. The van der Waals surface area contributed by atoms with Crippen LogP contribution in [0.15, 0.2) is 0 Å². The van der Waals surface area contributed by atoms with Crippen LogP contribution < -0.4 is 10.5 Å². The number of nitrogens with two attached hydrogens (primary N) is 1. The Bertz CT molecular complexity index is 324. The normalized spacial score (nSPS) is 20.2. The number of rotatable bonds is 7. The highest BCUT2D eigenvalue weighted by Crippen LogP contribution is 2.11. The number of ether oxygens (including phenoxy) is 1. The maximum Gasteiger partial charge on any atom is 0.279 e. The molecule has 0 aromatic carbocycles. The van der Waals surface area contributed by atoms with Gasteiger partial charge < -0.3 is 10.5 Å². The van der Waals surface area contributed by atoms with E-state index in [-0.39, 0.29) is 6.04 Å². The van der Waals surface area contributed by atoms with Crippen molar-refractivity contribution in [3.05, 3.63) is 0 Å². The average molecular weight is 279 g/mol. The molecule has 1 aliphatic heterocycles. The molecular formula is C11H25N3O3S. The van der Waals surface area contributed by atoms with Gasteiger partial charge >= 0.3 is 0 Å². The lowest BCUT2D eigenvalue weighted by Crippen LogP contribution is -2.50. The molecule has 1 rings (SSSR count). The number of nitrogens with zero attached hydrogens (tertiary/aromatic N) is 1. The minimum Gasteiger partial charge on any atom is -0.379 e. The van der Waals surface area contributed by atoms with Crippen molar-refractivity contribution < 1.29 is 13.2 Å². The van der Waals surface area contributed by atoms with Gasteiger partial charge in [-0.1, -0.05) is 26.7 Å². The van der Waals surface area contributed by atoms with Crippen LogP contribution in [0.5, 0.6) is 0 Å². The largest absolute Gasteiger partial charge is 0.379 e. The Morgan fingerprint density at radius 1 is 1.28 bits per heavy atom. The highest BCUT2D eigenvalue weighted by atomic mass is 32.2. The van der Waals surface area contributed by atoms with Gasteiger partial charge in [0, 0.05) is 25.7 Å². The molecule has 0 aliphatic carbocycles. The highest BCUT2D eigenvalue weighted by Gasteiger charge is 2.25. The zero-order chi connectivity index (χ0) is 13.6. The third-order valence-electron chi connectivity index (χ3n) is 3.47. The summed E-state index contributed by atoms with van der Waals surface area (Å²) in [7, 11) is -3.41. The number of hydrogen-bond donors (Lipinski definition) is 2. The SMILES string of the molecule is CCC(CC)C(N)CNS(=O)(=O)N1CCOCC1. The summed E-state index contributed by atoms with van der Waals surface area (Å²) < 4.78 is 33.1. The summed E-state index contributed by atoms with van der Waals surface area (Å²) in [5.41, 5.74) is 6.01. The zero-order valence-corrected chi connectivity index (χ0v) is 12.1. The Balaban J connectivity index is 2.45. The van der Waals surface area contributed by atoms with Crippen molar-refractivity contribution in [3.63, 3.8) is 0 Å². The quantitative estimate of drug-likeness (QED) is 0.682. The summed E-state index contributed by atoms with van der Waals surface area (Å²) in [5.74, 6) is 0.359. The predicted molar refractivity (Wildman–Crippen MR) is 71.4 cm³/mol. The summed E-state index contributed by atoms with van der Waals surface area (Å²) in [6, 6.07) is -0.129. The van der Waals surface area contributed by atoms with Gasteiger partial charge in [-0.25, -0.2) is 4.72 Å². The lowest BCUT2D eigenvalue weighted by molar-refractivity contribution is 0.0724. The van der Waals surface area contributed by atoms with E-state index in [1.807, 2.05) is 0 Å². The zero-order valence-electron chi connectivity index (χ0n) is 11.3. The average Bonchev–Trinajstić information content (AvgIpc) is 2.39. The summed E-state index contributed by atoms with van der Waals surface area (Å²) in [6.45, 7) is 6.19. The number of nitrogens with one attached hydrogen (secondary N) is 1. The molecule has 1 unspecified atom stereocenters. The van der Waals surface area contributed by atoms with E-state index in [4.69, 9.17) is 10.5 Å². The standard InChI is InChI=1S/C11H25N3O3S/c1-3-10(4-2)11(12)9-13-18(15,16)14-5-7-17-8-6-14/h10-11,13H,3-9,12H2,1-2H3. The molecule has 3 N–H and O–H groups in total. The molecule has 6 nitrogen and oxygen atoms in total. The Kier molecular flexibility index (Phi) is 6.51. The molecule has 1 fully saturated rings. The van der Waals surface area contributed by atoms with Crippen LogP contribution in [0.3, 0.4) is 0 Å². The van der Waals surface area contributed by atoms with Crippen LogP contribution in [-0.2, 0) is 14.9 Å². The van der Waals surface area contributed by atoms with Gasteiger partial charge in [0.15, 0.2) is 0 Å². The van der Waals surface area contributed by atoms with Gasteiger partial charge in [0.25, 0.3) is 10.2 Å². The van der Waals surface area contributed by atoms with Crippen molar-refractivity contribution in [1.82, 2.24) is 9.03 Å². The van der Waals surface area contributed by atoms with Crippen molar-refractivity contribution in [2.75, 3.05) is 32.8 Å². The Labute approximate surface area is 110 Å². The van der Waals surface area contributed by atoms with E-state index >= 15 is 0 Å². The van der Waals surface area contributed by atoms with Gasteiger partial charge in [-0.15, -0.1) is 0 Å². The highest BCUT2D eigenvalue weighted by molar-refractivity contribution is 7.87. The molecule has 1 saturated heterocycles. The van der Waals surface area contributed by atoms with Gasteiger partial charge in [0.05, 0.1) is 13.2 Å². The number of morpholine rings is 1. The fourth-order valence-electron chi connectivity index (χ4n) is 2.14. The van der Waals surface area contributed by atoms with Crippen LogP contribution in [-0.4, -0.2) is 51.6 Å². The van der Waals surface area contributed by atoms with Crippen LogP contribution in [0.25, 0.3) is 0 Å². The van der Waals surface area contributed by atoms with E-state index in [0.29, 0.717) is 38.8 Å². The number of hydrogen-bond acceptors (Lipinski definition) is 4. The van der Waals surface area contributed by atoms with Crippen LogP contribution >= 0.6 is 0 Å². The summed E-state index contributed by atoms with van der Waals surface area (Å²) >= 11 is 0. The second kappa shape index (κ2) is 7.40. The monoisotopic (exact) mass is 279 g/mol. The van der Waals surface area contributed by atoms with Crippen LogP contribution in [0.4, 0.5) is 0 Å². The molecule has 18 heavy (non-hydrogen) atoms. The van der Waals surface area contributed by atoms with Crippen molar-refractivity contribution in [2.24, 2.45) is 11.7 Å². The van der Waals surface area contributed by atoms with Crippen LogP contribution in [0.1, 0.15) is 26.7 Å². The van der Waals surface area contributed by atoms with Gasteiger partial charge in [-0.05, 0) is 5.92 Å². The van der Waals surface area contributed by atoms with Gasteiger partial charge in [-0.2, -0.15) is 12.7 Å². The van der Waals surface area contributed by atoms with E-state index in [1.54, 1.807) is 0 Å². The van der Waals surface area contributed by atoms with E-state index in [0.717, 1.165) is 12.8 Å². The molecule has 0 radical (unpaired) electrons. The summed E-state index contributed by atoms with van der Waals surface area (Å²) in [5, 5.41) is 0. The fraction of sp³-hybridized carbons (Fsp3) is 1.00. The molecule has 0 amide bonds. The molecule has 7 heteroatoms. The van der Waals surface area contributed by atoms with Gasteiger partial charge in [-0.3, -0.25) is 0 Å². The van der Waals surface area contributed by atoms with E-state index < -0.39 is 10.2 Å². The molecule has 0 saturated carbocycles. The maximum absolute atomic E-state index is 12.0. The van der Waals surface area contributed by atoms with Crippen molar-refractivity contribution in [3.8, 4) is 0 Å². The Hall–Kier alpha value is -0.210. The smallest absolute Gasteiger partial charge is 0.279 e. The van der Waals surface area contributed by atoms with E-state index in [2.05, 4.69) is 18.6 Å². The molecule has 1 heterocycles. The first-order chi connectivity index (χ1) is 8.51. The molecule has 0 aromatic rings. The van der Waals surface area contributed by atoms with Crippen LogP contribution in [0.2, 0.25) is 0 Å². The Morgan fingerprint density at radius 3 is 2.33 bits per heavy atom. The van der Waals surface area contributed by atoms with E-state index in [1.165, 1.54) is 4.31 Å². The third-order valence-corrected chi connectivity index (χ3v) is 5.04. The maximum atomic E-state index is 12.0. The van der Waals surface area contributed by atoms with Crippen LogP contribution in [0, 0.1) is 5.92 Å². The summed E-state index contributed by atoms with van der Waals surface area (Å²) in [4.78, 5) is 0. The van der Waals surface area contributed by atoms with Gasteiger partial charge in [0.1, 0.15) is 0 Å². The minimum absolute atomic E-state index is 0.129. The molecule has 1 atom stereocenters. The lowest BCUT2D eigenvalue weighted by Gasteiger charge is -2.28. The fourth-order valence-corrected chi connectivity index (χ4v) is 3.36.